The van der Waals surface area contributed by atoms with E-state index in [9.17, 15) is 9.59 Å². The smallest absolute Gasteiger partial charge is 0.460 e. The molecule has 0 heterocycles. The van der Waals surface area contributed by atoms with Crippen LogP contribution in [0.2, 0.25) is 0 Å². The molecule has 0 radical (unpaired) electrons. The molecule has 0 aliphatic carbocycles. The average molecular weight is 348 g/mol. The van der Waals surface area contributed by atoms with Crippen molar-refractivity contribution < 1.29 is 38.7 Å². The number of ether oxygens (including phenoxy) is 3. The van der Waals surface area contributed by atoms with E-state index in [-0.39, 0.29) is 31.8 Å². The molecule has 0 aromatic carbocycles. The summed E-state index contributed by atoms with van der Waals surface area (Å²) in [5.74, 6) is -0.600. The van der Waals surface area contributed by atoms with E-state index in [1.807, 2.05) is 13.8 Å². The van der Waals surface area contributed by atoms with Crippen LogP contribution in [-0.2, 0) is 28.8 Å². The van der Waals surface area contributed by atoms with Crippen molar-refractivity contribution in [2.24, 2.45) is 5.41 Å². The molecule has 0 amide bonds. The third-order valence-electron chi connectivity index (χ3n) is 3.96. The zero-order valence-corrected chi connectivity index (χ0v) is 15.0. The highest BCUT2D eigenvalue weighted by Crippen LogP contribution is 2.36. The molecule has 0 fully saturated rings. The summed E-state index contributed by atoms with van der Waals surface area (Å²) in [4.78, 5) is 31.8. The number of hydrogen-bond acceptors (Lipinski definition) is 7. The Labute approximate surface area is 142 Å². The predicted molar refractivity (Wildman–Crippen MR) is 85.2 cm³/mol. The lowest BCUT2D eigenvalue weighted by Gasteiger charge is -2.38. The molecule has 1 N–H and O–H groups in total. The summed E-state index contributed by atoms with van der Waals surface area (Å²) < 4.78 is 14.1. The van der Waals surface area contributed by atoms with Crippen LogP contribution in [0.25, 0.3) is 0 Å². The van der Waals surface area contributed by atoms with Gasteiger partial charge in [-0.15, -0.1) is 0 Å². The first kappa shape index (κ1) is 22.2. The molecule has 8 nitrogen and oxygen atoms in total. The fraction of sp³-hybridized carbons (Fsp3) is 0.750. The van der Waals surface area contributed by atoms with Crippen LogP contribution in [0.5, 0.6) is 0 Å². The minimum absolute atomic E-state index is 0.0332. The van der Waals surface area contributed by atoms with Gasteiger partial charge in [0.2, 0.25) is 0 Å². The maximum absolute atomic E-state index is 11.4. The summed E-state index contributed by atoms with van der Waals surface area (Å²) in [7, 11) is 0. The lowest BCUT2D eigenvalue weighted by molar-refractivity contribution is -0.342. The Morgan fingerprint density at radius 3 is 2.12 bits per heavy atom. The van der Waals surface area contributed by atoms with Crippen molar-refractivity contribution in [2.45, 2.75) is 46.6 Å². The fourth-order valence-electron chi connectivity index (χ4n) is 1.31. The van der Waals surface area contributed by atoms with Gasteiger partial charge < -0.3 is 24.2 Å². The maximum atomic E-state index is 11.4. The molecule has 8 heteroatoms. The first-order chi connectivity index (χ1) is 11.1. The lowest BCUT2D eigenvalue weighted by Crippen LogP contribution is -2.40. The second-order valence-corrected chi connectivity index (χ2v) is 6.12. The molecule has 0 spiro atoms. The lowest BCUT2D eigenvalue weighted by atomic mass is 9.75. The van der Waals surface area contributed by atoms with Crippen molar-refractivity contribution >= 4 is 12.1 Å². The van der Waals surface area contributed by atoms with Crippen molar-refractivity contribution in [1.82, 2.24) is 0 Å². The van der Waals surface area contributed by atoms with Gasteiger partial charge in [-0.3, -0.25) is 0 Å². The summed E-state index contributed by atoms with van der Waals surface area (Å²) in [6, 6.07) is 0. The minimum atomic E-state index is -1.36. The van der Waals surface area contributed by atoms with Gasteiger partial charge in [-0.05, 0) is 25.7 Å². The van der Waals surface area contributed by atoms with Crippen LogP contribution in [0, 0.1) is 5.41 Å². The van der Waals surface area contributed by atoms with E-state index < -0.39 is 17.7 Å². The summed E-state index contributed by atoms with van der Waals surface area (Å²) in [5.41, 5.74) is -0.620. The van der Waals surface area contributed by atoms with Gasteiger partial charge in [0, 0.05) is 0 Å². The molecule has 0 atom stereocenters. The van der Waals surface area contributed by atoms with Gasteiger partial charge in [0.15, 0.2) is 0 Å². The van der Waals surface area contributed by atoms with Gasteiger partial charge in [0.25, 0.3) is 0 Å². The molecule has 0 aliphatic rings. The van der Waals surface area contributed by atoms with Gasteiger partial charge in [0.05, 0.1) is 19.3 Å². The first-order valence-corrected chi connectivity index (χ1v) is 7.73. The third-order valence-corrected chi connectivity index (χ3v) is 3.96. The molecule has 0 saturated carbocycles. The van der Waals surface area contributed by atoms with Crippen LogP contribution in [0.4, 0.5) is 4.79 Å². The van der Waals surface area contributed by atoms with Crippen LogP contribution in [0.3, 0.4) is 0 Å². The molecule has 140 valence electrons. The minimum Gasteiger partial charge on any atom is -0.460 e. The molecule has 0 aromatic heterocycles. The van der Waals surface area contributed by atoms with E-state index in [4.69, 9.17) is 24.4 Å². The molecule has 0 bridgehead atoms. The zero-order chi connectivity index (χ0) is 18.6. The van der Waals surface area contributed by atoms with Crippen LogP contribution >= 0.6 is 0 Å². The van der Waals surface area contributed by atoms with E-state index in [2.05, 4.69) is 25.5 Å². The number of hydrogen-bond donors (Lipinski definition) is 1. The normalized spacial score (nSPS) is 12.2. The predicted octanol–water partition coefficient (Wildman–Crippen LogP) is 2.92. The average Bonchev–Trinajstić information content (AvgIpc) is 2.50. The summed E-state index contributed by atoms with van der Waals surface area (Å²) in [5, 5.41) is 8.22. The number of carboxylic acid groups (broad SMARTS) is 1. The Morgan fingerprint density at radius 1 is 1.00 bits per heavy atom. The Morgan fingerprint density at radius 2 is 1.58 bits per heavy atom. The van der Waals surface area contributed by atoms with E-state index in [1.54, 1.807) is 0 Å². The number of rotatable bonds is 12. The quantitative estimate of drug-likeness (QED) is 0.143. The van der Waals surface area contributed by atoms with E-state index in [0.29, 0.717) is 0 Å². The molecular weight excluding hydrogens is 320 g/mol. The van der Waals surface area contributed by atoms with E-state index >= 15 is 0 Å². The standard InChI is InChI=1S/C16H28O8/c1-6-15(2,3)16(4,5)24-23-8-7-13(17)21-11-9-20-10-12-22-14(18)19/h7-8H,6,9-12H2,1-5H3,(H,18,19). The summed E-state index contributed by atoms with van der Waals surface area (Å²) in [6.45, 7) is 10.2. The second kappa shape index (κ2) is 10.9. The van der Waals surface area contributed by atoms with Gasteiger partial charge in [-0.2, -0.15) is 4.89 Å². The second-order valence-electron chi connectivity index (χ2n) is 6.12. The molecular formula is C16H28O8. The van der Waals surface area contributed by atoms with Crippen molar-refractivity contribution in [3.63, 3.8) is 0 Å². The Balaban J connectivity index is 3.81. The molecule has 24 heavy (non-hydrogen) atoms. The fourth-order valence-corrected chi connectivity index (χ4v) is 1.31. The molecule has 0 saturated heterocycles. The largest absolute Gasteiger partial charge is 0.505 e. The van der Waals surface area contributed by atoms with Gasteiger partial charge in [-0.25, -0.2) is 9.59 Å². The highest BCUT2D eigenvalue weighted by atomic mass is 17.2. The van der Waals surface area contributed by atoms with Crippen molar-refractivity contribution in [3.8, 4) is 0 Å². The summed E-state index contributed by atoms with van der Waals surface area (Å²) in [6.07, 6.45) is 1.77. The molecule has 0 aromatic rings. The maximum Gasteiger partial charge on any atom is 0.505 e. The molecule has 0 aliphatic heterocycles. The number of esters is 1. The van der Waals surface area contributed by atoms with Crippen molar-refractivity contribution in [2.75, 3.05) is 26.4 Å². The molecule has 0 rings (SSSR count). The topological polar surface area (TPSA) is 101 Å². The zero-order valence-electron chi connectivity index (χ0n) is 15.0. The van der Waals surface area contributed by atoms with E-state index in [1.165, 1.54) is 0 Å². The number of carbonyl (C=O) groups is 2. The van der Waals surface area contributed by atoms with Crippen LogP contribution in [-0.4, -0.2) is 49.3 Å². The Hall–Kier alpha value is -1.80. The highest BCUT2D eigenvalue weighted by Gasteiger charge is 2.38. The van der Waals surface area contributed by atoms with Crippen LogP contribution in [0.1, 0.15) is 41.0 Å². The first-order valence-electron chi connectivity index (χ1n) is 7.73. The van der Waals surface area contributed by atoms with E-state index in [0.717, 1.165) is 18.8 Å². The number of carbonyl (C=O) groups excluding carboxylic acids is 1. The Bertz CT molecular complexity index is 414. The van der Waals surface area contributed by atoms with Crippen LogP contribution < -0.4 is 0 Å². The van der Waals surface area contributed by atoms with Crippen LogP contribution in [0.15, 0.2) is 12.3 Å². The molecule has 0 unspecified atom stereocenters. The van der Waals surface area contributed by atoms with Crippen molar-refractivity contribution in [1.29, 1.82) is 0 Å². The van der Waals surface area contributed by atoms with Gasteiger partial charge >= 0.3 is 12.1 Å². The van der Waals surface area contributed by atoms with Crippen molar-refractivity contribution in [3.05, 3.63) is 12.3 Å². The monoisotopic (exact) mass is 348 g/mol. The third kappa shape index (κ3) is 9.36. The SMILES string of the molecule is CCC(C)(C)C(C)(C)OOC=CC(=O)OCCOCCOC(=O)O. The van der Waals surface area contributed by atoms with Gasteiger partial charge in [0.1, 0.15) is 25.1 Å². The highest BCUT2D eigenvalue weighted by molar-refractivity contribution is 5.81. The van der Waals surface area contributed by atoms with Gasteiger partial charge in [-0.1, -0.05) is 20.8 Å². The summed E-state index contributed by atoms with van der Waals surface area (Å²) >= 11 is 0. The Kier molecular flexibility index (Phi) is 10.1.